The van der Waals surface area contributed by atoms with Crippen LogP contribution >= 0.6 is 11.8 Å². The highest BCUT2D eigenvalue weighted by atomic mass is 32.2. The number of fused-ring (bicyclic) bond motifs is 1. The highest BCUT2D eigenvalue weighted by molar-refractivity contribution is 7.99. The van der Waals surface area contributed by atoms with E-state index in [9.17, 15) is 13.2 Å². The van der Waals surface area contributed by atoms with Crippen molar-refractivity contribution in [2.45, 2.75) is 60.8 Å². The predicted molar refractivity (Wildman–Crippen MR) is 92.2 cm³/mol. The number of rotatable bonds is 3. The number of hydrogen-bond donors (Lipinski definition) is 2. The molecule has 0 bridgehead atoms. The lowest BCUT2D eigenvalue weighted by Crippen LogP contribution is -2.34. The van der Waals surface area contributed by atoms with Crippen LogP contribution in [0, 0.1) is 0 Å². The minimum absolute atomic E-state index is 0.0188. The van der Waals surface area contributed by atoms with Crippen LogP contribution in [0.3, 0.4) is 0 Å². The van der Waals surface area contributed by atoms with Crippen LogP contribution in [0.25, 0.3) is 0 Å². The van der Waals surface area contributed by atoms with Gasteiger partial charge in [0.05, 0.1) is 10.6 Å². The van der Waals surface area contributed by atoms with Crippen molar-refractivity contribution in [2.75, 3.05) is 11.1 Å². The number of carbonyl (C=O) groups excluding carboxylic acids is 1. The smallest absolute Gasteiger partial charge is 0.240 e. The van der Waals surface area contributed by atoms with Gasteiger partial charge in [0.1, 0.15) is 0 Å². The first kappa shape index (κ1) is 16.8. The van der Waals surface area contributed by atoms with Crippen molar-refractivity contribution in [1.82, 2.24) is 4.72 Å². The fraction of sp³-hybridized carbons (Fsp3) is 0.562. The van der Waals surface area contributed by atoms with E-state index in [4.69, 9.17) is 0 Å². The molecule has 0 atom stereocenters. The lowest BCUT2D eigenvalue weighted by atomic mass is 10.1. The molecule has 2 aliphatic rings. The molecule has 23 heavy (non-hydrogen) atoms. The zero-order chi connectivity index (χ0) is 16.3. The minimum atomic E-state index is -3.55. The normalized spacial score (nSPS) is 20.3. The van der Waals surface area contributed by atoms with E-state index in [2.05, 4.69) is 10.0 Å². The number of hydrogen-bond acceptors (Lipinski definition) is 4. The molecule has 3 rings (SSSR count). The number of thioether (sulfide) groups is 1. The lowest BCUT2D eigenvalue weighted by Gasteiger charge is -2.17. The first-order valence-electron chi connectivity index (χ1n) is 8.14. The molecular weight excluding hydrogens is 332 g/mol. The molecule has 0 aromatic heterocycles. The summed E-state index contributed by atoms with van der Waals surface area (Å²) in [4.78, 5) is 12.8. The van der Waals surface area contributed by atoms with Gasteiger partial charge in [0, 0.05) is 23.1 Å². The Kier molecular flexibility index (Phi) is 5.28. The Labute approximate surface area is 141 Å². The third-order valence-corrected chi connectivity index (χ3v) is 6.89. The van der Waals surface area contributed by atoms with E-state index in [1.807, 2.05) is 0 Å². The van der Waals surface area contributed by atoms with Crippen LogP contribution in [0.1, 0.15) is 44.9 Å². The van der Waals surface area contributed by atoms with Crippen LogP contribution in [0.4, 0.5) is 5.69 Å². The summed E-state index contributed by atoms with van der Waals surface area (Å²) in [7, 11) is -3.55. The highest BCUT2D eigenvalue weighted by Crippen LogP contribution is 2.32. The maximum absolute atomic E-state index is 12.6. The van der Waals surface area contributed by atoms with E-state index < -0.39 is 10.0 Å². The summed E-state index contributed by atoms with van der Waals surface area (Å²) < 4.78 is 28.1. The maximum Gasteiger partial charge on any atom is 0.240 e. The van der Waals surface area contributed by atoms with Crippen LogP contribution in [0.15, 0.2) is 28.0 Å². The van der Waals surface area contributed by atoms with Gasteiger partial charge in [-0.25, -0.2) is 13.1 Å². The third-order valence-electron chi connectivity index (χ3n) is 4.30. The monoisotopic (exact) mass is 354 g/mol. The van der Waals surface area contributed by atoms with E-state index in [0.717, 1.165) is 30.6 Å². The number of anilines is 1. The predicted octanol–water partition coefficient (Wildman–Crippen LogP) is 3.12. The van der Waals surface area contributed by atoms with Crippen LogP contribution < -0.4 is 10.0 Å². The van der Waals surface area contributed by atoms with Crippen molar-refractivity contribution in [2.24, 2.45) is 0 Å². The summed E-state index contributed by atoms with van der Waals surface area (Å²) in [5, 5.41) is 2.80. The zero-order valence-electron chi connectivity index (χ0n) is 13.0. The van der Waals surface area contributed by atoms with Gasteiger partial charge in [0.15, 0.2) is 0 Å². The number of nitrogens with one attached hydrogen (secondary N) is 2. The molecule has 2 N–H and O–H groups in total. The molecule has 1 aliphatic heterocycles. The Bertz CT molecular complexity index is 681. The second-order valence-electron chi connectivity index (χ2n) is 6.11. The van der Waals surface area contributed by atoms with Crippen LogP contribution in [-0.2, 0) is 14.8 Å². The van der Waals surface area contributed by atoms with Crippen LogP contribution in [0.5, 0.6) is 0 Å². The van der Waals surface area contributed by atoms with Crippen molar-refractivity contribution in [3.05, 3.63) is 18.2 Å². The van der Waals surface area contributed by atoms with Gasteiger partial charge >= 0.3 is 0 Å². The lowest BCUT2D eigenvalue weighted by molar-refractivity contribution is -0.115. The molecule has 0 unspecified atom stereocenters. The van der Waals surface area contributed by atoms with Gasteiger partial charge in [-0.2, -0.15) is 0 Å². The fourth-order valence-electron chi connectivity index (χ4n) is 3.05. The SMILES string of the molecule is O=C1CCSc2ccc(S(=O)(=O)NC3CCCCCC3)cc2N1. The molecule has 7 heteroatoms. The molecule has 1 saturated carbocycles. The van der Waals surface area contributed by atoms with Crippen LogP contribution in [-0.4, -0.2) is 26.1 Å². The van der Waals surface area contributed by atoms with Gasteiger partial charge in [-0.3, -0.25) is 4.79 Å². The molecule has 1 aliphatic carbocycles. The molecule has 5 nitrogen and oxygen atoms in total. The van der Waals surface area contributed by atoms with E-state index in [1.54, 1.807) is 30.0 Å². The van der Waals surface area contributed by atoms with Gasteiger partial charge < -0.3 is 5.32 Å². The van der Waals surface area contributed by atoms with E-state index in [-0.39, 0.29) is 16.8 Å². The number of benzene rings is 1. The molecule has 1 aromatic rings. The van der Waals surface area contributed by atoms with Crippen molar-refractivity contribution >= 4 is 33.4 Å². The molecule has 1 amide bonds. The number of amides is 1. The van der Waals surface area contributed by atoms with E-state index in [1.165, 1.54) is 12.8 Å². The van der Waals surface area contributed by atoms with Crippen LogP contribution in [0.2, 0.25) is 0 Å². The molecule has 1 heterocycles. The molecule has 1 fully saturated rings. The van der Waals surface area contributed by atoms with Gasteiger partial charge in [-0.15, -0.1) is 11.8 Å². The molecule has 0 saturated heterocycles. The quantitative estimate of drug-likeness (QED) is 0.818. The minimum Gasteiger partial charge on any atom is -0.325 e. The summed E-state index contributed by atoms with van der Waals surface area (Å²) in [6.45, 7) is 0. The molecule has 126 valence electrons. The average molecular weight is 354 g/mol. The van der Waals surface area contributed by atoms with Crippen molar-refractivity contribution in [3.8, 4) is 0 Å². The summed E-state index contributed by atoms with van der Waals surface area (Å²) in [6.07, 6.45) is 6.75. The number of sulfonamides is 1. The largest absolute Gasteiger partial charge is 0.325 e. The Morgan fingerprint density at radius 2 is 1.87 bits per heavy atom. The maximum atomic E-state index is 12.6. The van der Waals surface area contributed by atoms with Crippen molar-refractivity contribution in [1.29, 1.82) is 0 Å². The summed E-state index contributed by atoms with van der Waals surface area (Å²) in [6, 6.07) is 5.01. The summed E-state index contributed by atoms with van der Waals surface area (Å²) in [5.41, 5.74) is 0.598. The zero-order valence-corrected chi connectivity index (χ0v) is 14.6. The highest BCUT2D eigenvalue weighted by Gasteiger charge is 2.23. The summed E-state index contributed by atoms with van der Waals surface area (Å²) >= 11 is 1.57. The topological polar surface area (TPSA) is 75.3 Å². The Hall–Kier alpha value is -1.05. The number of carbonyl (C=O) groups is 1. The Morgan fingerprint density at radius 3 is 2.61 bits per heavy atom. The van der Waals surface area contributed by atoms with Gasteiger partial charge in [0.25, 0.3) is 0 Å². The molecular formula is C16H22N2O3S2. The van der Waals surface area contributed by atoms with Gasteiger partial charge in [0.2, 0.25) is 15.9 Å². The molecule has 1 aromatic carbocycles. The Morgan fingerprint density at radius 1 is 1.13 bits per heavy atom. The standard InChI is InChI=1S/C16H22N2O3S2/c19-16-9-10-22-15-8-7-13(11-14(15)17-16)23(20,21)18-12-5-3-1-2-4-6-12/h7-8,11-12,18H,1-6,9-10H2,(H,17,19). The van der Waals surface area contributed by atoms with E-state index in [0.29, 0.717) is 17.9 Å². The summed E-state index contributed by atoms with van der Waals surface area (Å²) in [5.74, 6) is 0.646. The third kappa shape index (κ3) is 4.28. The van der Waals surface area contributed by atoms with Crippen molar-refractivity contribution < 1.29 is 13.2 Å². The van der Waals surface area contributed by atoms with E-state index >= 15 is 0 Å². The van der Waals surface area contributed by atoms with Crippen molar-refractivity contribution in [3.63, 3.8) is 0 Å². The molecule has 0 spiro atoms. The second-order valence-corrected chi connectivity index (χ2v) is 8.97. The fourth-order valence-corrected chi connectivity index (χ4v) is 5.32. The average Bonchev–Trinajstić information content (AvgIpc) is 2.85. The molecule has 0 radical (unpaired) electrons. The first-order valence-corrected chi connectivity index (χ1v) is 10.6. The van der Waals surface area contributed by atoms with Gasteiger partial charge in [-0.05, 0) is 31.0 Å². The van der Waals surface area contributed by atoms with Gasteiger partial charge in [-0.1, -0.05) is 25.7 Å². The Balaban J connectivity index is 1.81. The first-order chi connectivity index (χ1) is 11.0. The second kappa shape index (κ2) is 7.23.